The quantitative estimate of drug-likeness (QED) is 0.210. The van der Waals surface area contributed by atoms with E-state index in [1.165, 1.54) is 12.5 Å². The molecule has 1 amide bonds. The molecule has 2 rings (SSSR count). The predicted octanol–water partition coefficient (Wildman–Crippen LogP) is -1.36. The number of thioether (sulfide) groups is 1. The number of carboxylic acids is 2. The van der Waals surface area contributed by atoms with E-state index in [1.807, 2.05) is 0 Å². The van der Waals surface area contributed by atoms with Crippen molar-refractivity contribution in [2.24, 2.45) is 5.16 Å². The lowest BCUT2D eigenvalue weighted by molar-refractivity contribution is -0.141. The smallest absolute Gasteiger partial charge is 0.352 e. The number of nitrogens with zero attached hydrogens (tertiary/aromatic N) is 2. The summed E-state index contributed by atoms with van der Waals surface area (Å²) in [5, 5.41) is 37.0. The molecule has 1 aromatic heterocycles. The molecule has 14 heteroatoms. The first-order valence-electron chi connectivity index (χ1n) is 7.59. The first-order chi connectivity index (χ1) is 13.3. The number of anilines is 1. The van der Waals surface area contributed by atoms with Crippen LogP contribution in [0.15, 0.2) is 21.8 Å². The Kier molecular flexibility index (Phi) is 7.19. The minimum atomic E-state index is -1.51. The molecule has 0 aromatic carbocycles. The monoisotopic (exact) mass is 431 g/mol. The fourth-order valence-electron chi connectivity index (χ4n) is 2.23. The maximum atomic E-state index is 12.6. The number of nitrogens with one attached hydrogen (secondary N) is 2. The molecule has 0 fully saturated rings. The van der Waals surface area contributed by atoms with Gasteiger partial charge < -0.3 is 36.5 Å². The lowest BCUT2D eigenvalue weighted by atomic mass is 10.2. The summed E-state index contributed by atoms with van der Waals surface area (Å²) in [5.74, 6) is -3.55. The number of carboxylic acid groups (broad SMARTS) is 2. The summed E-state index contributed by atoms with van der Waals surface area (Å²) in [7, 11) is 1.20. The Labute approximate surface area is 166 Å². The first-order valence-corrected chi connectivity index (χ1v) is 9.51. The summed E-state index contributed by atoms with van der Waals surface area (Å²) in [6.07, 6.45) is 0. The lowest BCUT2D eigenvalue weighted by Crippen LogP contribution is -2.56. The Morgan fingerprint density at radius 1 is 1.50 bits per heavy atom. The molecule has 152 valence electrons. The first kappa shape index (κ1) is 21.5. The normalized spacial score (nSPS) is 18.2. The third-order valence-electron chi connectivity index (χ3n) is 3.50. The summed E-state index contributed by atoms with van der Waals surface area (Å²) >= 11 is 2.09. The molecule has 0 unspecified atom stereocenters. The molecule has 1 aromatic rings. The standard InChI is InChI=1S/C14H17N5O7S2/c1-26-19-8(6-4-28-14(15)16-6)10(21)17-9(13(24)25)11-18-7(12(22)23)5(2-20)3-27-11/h4,9,11,18,20H,2-3H2,1H3,(H2,15,16)(H,17,21)(H,22,23)(H,24,25)/b19-8+/t9-,11-/m1/s1. The number of aliphatic hydroxyl groups excluding tert-OH is 1. The highest BCUT2D eigenvalue weighted by atomic mass is 32.2. The molecular weight excluding hydrogens is 414 g/mol. The number of hydrogen-bond donors (Lipinski definition) is 6. The lowest BCUT2D eigenvalue weighted by Gasteiger charge is -2.31. The van der Waals surface area contributed by atoms with Gasteiger partial charge in [0.05, 0.1) is 6.61 Å². The van der Waals surface area contributed by atoms with E-state index in [0.717, 1.165) is 23.1 Å². The van der Waals surface area contributed by atoms with Gasteiger partial charge >= 0.3 is 11.9 Å². The Hall–Kier alpha value is -2.84. The van der Waals surface area contributed by atoms with Crippen molar-refractivity contribution in [2.45, 2.75) is 11.4 Å². The Morgan fingerprint density at radius 2 is 2.21 bits per heavy atom. The molecule has 12 nitrogen and oxygen atoms in total. The van der Waals surface area contributed by atoms with Gasteiger partial charge in [-0.2, -0.15) is 0 Å². The Balaban J connectivity index is 2.24. The average Bonchev–Trinajstić information content (AvgIpc) is 3.09. The van der Waals surface area contributed by atoms with Crippen LogP contribution in [0.25, 0.3) is 0 Å². The topological polar surface area (TPSA) is 196 Å². The van der Waals surface area contributed by atoms with Crippen molar-refractivity contribution in [2.75, 3.05) is 25.2 Å². The number of hydrogen-bond acceptors (Lipinski definition) is 11. The highest BCUT2D eigenvalue weighted by molar-refractivity contribution is 8.00. The molecule has 0 saturated heterocycles. The van der Waals surface area contributed by atoms with Gasteiger partial charge in [-0.05, 0) is 5.57 Å². The van der Waals surface area contributed by atoms with E-state index in [2.05, 4.69) is 25.6 Å². The van der Waals surface area contributed by atoms with Crippen molar-refractivity contribution in [1.29, 1.82) is 0 Å². The predicted molar refractivity (Wildman–Crippen MR) is 101 cm³/mol. The second kappa shape index (κ2) is 9.38. The second-order valence-corrected chi connectivity index (χ2v) is 7.32. The van der Waals surface area contributed by atoms with Crippen LogP contribution in [0, 0.1) is 0 Å². The summed E-state index contributed by atoms with van der Waals surface area (Å²) in [4.78, 5) is 44.1. The van der Waals surface area contributed by atoms with Crippen LogP contribution in [0.4, 0.5) is 5.13 Å². The highest BCUT2D eigenvalue weighted by Crippen LogP contribution is 2.25. The van der Waals surface area contributed by atoms with E-state index in [4.69, 9.17) is 5.73 Å². The van der Waals surface area contributed by atoms with Crippen molar-refractivity contribution in [3.8, 4) is 0 Å². The van der Waals surface area contributed by atoms with Crippen LogP contribution < -0.4 is 16.4 Å². The third kappa shape index (κ3) is 4.90. The summed E-state index contributed by atoms with van der Waals surface area (Å²) in [6, 6.07) is -1.51. The molecule has 1 aliphatic rings. The van der Waals surface area contributed by atoms with Crippen LogP contribution in [0.2, 0.25) is 0 Å². The number of amides is 1. The third-order valence-corrected chi connectivity index (χ3v) is 5.44. The number of aliphatic hydroxyl groups is 1. The van der Waals surface area contributed by atoms with E-state index in [-0.39, 0.29) is 33.6 Å². The van der Waals surface area contributed by atoms with Crippen LogP contribution in [0.1, 0.15) is 5.69 Å². The van der Waals surface area contributed by atoms with E-state index >= 15 is 0 Å². The maximum absolute atomic E-state index is 12.6. The van der Waals surface area contributed by atoms with Gasteiger partial charge in [0.15, 0.2) is 16.9 Å². The molecule has 2 heterocycles. The van der Waals surface area contributed by atoms with Crippen molar-refractivity contribution in [3.05, 3.63) is 22.3 Å². The maximum Gasteiger partial charge on any atom is 0.352 e. The van der Waals surface area contributed by atoms with Crippen LogP contribution in [-0.2, 0) is 19.2 Å². The minimum Gasteiger partial charge on any atom is -0.480 e. The number of aromatic nitrogens is 1. The number of carbonyl (C=O) groups is 3. The van der Waals surface area contributed by atoms with Crippen LogP contribution in [0.3, 0.4) is 0 Å². The van der Waals surface area contributed by atoms with Crippen molar-refractivity contribution in [3.63, 3.8) is 0 Å². The number of rotatable bonds is 8. The fourth-order valence-corrected chi connectivity index (χ4v) is 3.98. The molecule has 0 spiro atoms. The molecule has 0 saturated carbocycles. The van der Waals surface area contributed by atoms with Crippen LogP contribution in [0.5, 0.6) is 0 Å². The van der Waals surface area contributed by atoms with Gasteiger partial charge in [-0.25, -0.2) is 14.6 Å². The Bertz CT molecular complexity index is 838. The van der Waals surface area contributed by atoms with E-state index < -0.39 is 35.9 Å². The molecule has 0 aliphatic carbocycles. The van der Waals surface area contributed by atoms with Crippen molar-refractivity contribution in [1.82, 2.24) is 15.6 Å². The van der Waals surface area contributed by atoms with Gasteiger partial charge in [-0.15, -0.1) is 23.1 Å². The van der Waals surface area contributed by atoms with Gasteiger partial charge in [0.1, 0.15) is 23.9 Å². The second-order valence-electron chi connectivity index (χ2n) is 5.30. The summed E-state index contributed by atoms with van der Waals surface area (Å²) in [6.45, 7) is -0.492. The van der Waals surface area contributed by atoms with Gasteiger partial charge in [0.25, 0.3) is 5.91 Å². The molecule has 1 aliphatic heterocycles. The summed E-state index contributed by atoms with van der Waals surface area (Å²) in [5.41, 5.74) is 5.27. The van der Waals surface area contributed by atoms with Crippen molar-refractivity contribution < 1.29 is 34.5 Å². The zero-order valence-electron chi connectivity index (χ0n) is 14.4. The minimum absolute atomic E-state index is 0.0804. The Morgan fingerprint density at radius 3 is 2.71 bits per heavy atom. The molecule has 28 heavy (non-hydrogen) atoms. The number of thiazole rings is 1. The molecule has 2 atom stereocenters. The number of aliphatic carboxylic acids is 2. The van der Waals surface area contributed by atoms with E-state index in [1.54, 1.807) is 0 Å². The van der Waals surface area contributed by atoms with Gasteiger partial charge in [-0.3, -0.25) is 4.79 Å². The van der Waals surface area contributed by atoms with Crippen LogP contribution >= 0.6 is 23.1 Å². The number of nitrogens with two attached hydrogens (primary N) is 1. The summed E-state index contributed by atoms with van der Waals surface area (Å²) < 4.78 is 0. The van der Waals surface area contributed by atoms with Crippen LogP contribution in [-0.4, -0.2) is 74.7 Å². The zero-order valence-corrected chi connectivity index (χ0v) is 16.0. The number of oxime groups is 1. The van der Waals surface area contributed by atoms with Crippen molar-refractivity contribution >= 4 is 51.8 Å². The van der Waals surface area contributed by atoms with Gasteiger partial charge in [-0.1, -0.05) is 5.16 Å². The molecule has 0 radical (unpaired) electrons. The fraction of sp³-hybridized carbons (Fsp3) is 0.357. The largest absolute Gasteiger partial charge is 0.480 e. The molecular formula is C14H17N5O7S2. The molecule has 0 bridgehead atoms. The van der Waals surface area contributed by atoms with E-state index in [9.17, 15) is 29.7 Å². The number of carbonyl (C=O) groups excluding carboxylic acids is 1. The average molecular weight is 431 g/mol. The van der Waals surface area contributed by atoms with E-state index in [0.29, 0.717) is 0 Å². The number of nitrogen functional groups attached to an aromatic ring is 1. The SMILES string of the molecule is CO/N=C(/C(=O)N[C@@H](C(=O)O)[C@@H]1NC(C(=O)O)=C(CO)CS1)c1csc(N)n1. The zero-order chi connectivity index (χ0) is 20.8. The highest BCUT2D eigenvalue weighted by Gasteiger charge is 2.36. The van der Waals surface area contributed by atoms with Gasteiger partial charge in [0.2, 0.25) is 0 Å². The van der Waals surface area contributed by atoms with Gasteiger partial charge in [0, 0.05) is 11.1 Å². The molecule has 7 N–H and O–H groups in total.